The van der Waals surface area contributed by atoms with E-state index in [2.05, 4.69) is 31.9 Å². The summed E-state index contributed by atoms with van der Waals surface area (Å²) in [6, 6.07) is 1.20. The van der Waals surface area contributed by atoms with Gasteiger partial charge in [-0.15, -0.1) is 0 Å². The molecule has 0 atom stereocenters. The minimum absolute atomic E-state index is 0.150. The molecule has 0 spiro atoms. The van der Waals surface area contributed by atoms with Gasteiger partial charge in [-0.1, -0.05) is 31.9 Å². The van der Waals surface area contributed by atoms with E-state index in [4.69, 9.17) is 0 Å². The van der Waals surface area contributed by atoms with Gasteiger partial charge in [0.25, 0.3) is 0 Å². The van der Waals surface area contributed by atoms with Gasteiger partial charge in [0.05, 0.1) is 22.3 Å². The Morgan fingerprint density at radius 1 is 0.714 bits per heavy atom. The second-order valence-electron chi connectivity index (χ2n) is 5.59. The zero-order valence-electron chi connectivity index (χ0n) is 13.4. The summed E-state index contributed by atoms with van der Waals surface area (Å²) in [6.07, 6.45) is -9.90. The van der Waals surface area contributed by atoms with Crippen molar-refractivity contribution in [2.75, 3.05) is 0 Å². The van der Waals surface area contributed by atoms with Gasteiger partial charge in [-0.2, -0.15) is 26.3 Å². The molecule has 0 heterocycles. The van der Waals surface area contributed by atoms with E-state index in [1.807, 2.05) is 0 Å². The predicted molar refractivity (Wildman–Crippen MR) is 91.5 cm³/mol. The van der Waals surface area contributed by atoms with Crippen molar-refractivity contribution in [3.63, 3.8) is 0 Å². The van der Waals surface area contributed by atoms with E-state index in [1.54, 1.807) is 0 Å². The van der Waals surface area contributed by atoms with Crippen LogP contribution in [0.25, 0.3) is 0 Å². The summed E-state index contributed by atoms with van der Waals surface area (Å²) in [6.45, 7) is 0. The lowest BCUT2D eigenvalue weighted by Crippen LogP contribution is -2.16. The smallest absolute Gasteiger partial charge is 0.288 e. The fraction of sp³-hybridized carbons (Fsp3) is 0.235. The number of carbonyl (C=O) groups is 1. The van der Waals surface area contributed by atoms with Crippen LogP contribution in [0.4, 0.5) is 35.1 Å². The van der Waals surface area contributed by atoms with Crippen LogP contribution in [-0.2, 0) is 23.0 Å². The summed E-state index contributed by atoms with van der Waals surface area (Å²) >= 11 is 5.55. The normalized spacial score (nSPS) is 12.4. The Kier molecular flexibility index (Phi) is 6.59. The average molecular weight is 540 g/mol. The van der Waals surface area contributed by atoms with E-state index >= 15 is 0 Å². The Morgan fingerprint density at radius 2 is 1.04 bits per heavy atom. The Morgan fingerprint density at radius 3 is 1.29 bits per heavy atom. The molecule has 0 bridgehead atoms. The molecule has 0 aliphatic rings. The van der Waals surface area contributed by atoms with E-state index in [0.29, 0.717) is 12.1 Å². The molecular weight excluding hydrogens is 532 g/mol. The van der Waals surface area contributed by atoms with E-state index in [-0.39, 0.29) is 12.1 Å². The Labute approximate surface area is 170 Å². The third kappa shape index (κ3) is 4.56. The molecule has 28 heavy (non-hydrogen) atoms. The first-order valence-electron chi connectivity index (χ1n) is 7.27. The van der Waals surface area contributed by atoms with Crippen LogP contribution in [0.1, 0.15) is 38.2 Å². The van der Waals surface area contributed by atoms with Gasteiger partial charge in [0.15, 0.2) is 5.78 Å². The van der Waals surface area contributed by atoms with Crippen LogP contribution >= 0.6 is 31.9 Å². The van der Waals surface area contributed by atoms with E-state index in [1.165, 1.54) is 0 Å². The second kappa shape index (κ2) is 8.10. The molecule has 0 aliphatic carbocycles. The molecule has 152 valence electrons. The average Bonchev–Trinajstić information content (AvgIpc) is 2.59. The summed E-state index contributed by atoms with van der Waals surface area (Å²) < 4.78 is 107. The molecular formula is C17H8Br2F8O. The number of hydrogen-bond acceptors (Lipinski definition) is 1. The Bertz CT molecular complexity index is 845. The maximum atomic E-state index is 14.5. The van der Waals surface area contributed by atoms with E-state index < -0.39 is 73.8 Å². The van der Waals surface area contributed by atoms with Crippen molar-refractivity contribution in [1.29, 1.82) is 0 Å². The van der Waals surface area contributed by atoms with Gasteiger partial charge < -0.3 is 0 Å². The molecule has 0 unspecified atom stereocenters. The molecule has 0 N–H and O–H groups in total. The number of alkyl halides is 8. The number of benzene rings is 2. The highest BCUT2D eigenvalue weighted by Crippen LogP contribution is 2.36. The topological polar surface area (TPSA) is 17.1 Å². The first kappa shape index (κ1) is 22.8. The standard InChI is InChI=1S/C17H8Br2F8O/c18-5-7-1-9(16(22,23)24)3-11(13(7)20)15(28)12-4-10(17(25,26)27)2-8(6-19)14(12)21/h1-4H,5-6H2. The van der Waals surface area contributed by atoms with Crippen LogP contribution in [0.15, 0.2) is 24.3 Å². The largest absolute Gasteiger partial charge is 0.416 e. The number of carbonyl (C=O) groups excluding carboxylic acids is 1. The molecule has 0 aliphatic heterocycles. The molecule has 0 aromatic heterocycles. The minimum Gasteiger partial charge on any atom is -0.288 e. The summed E-state index contributed by atoms with van der Waals surface area (Å²) in [5.74, 6) is -4.39. The molecule has 1 nitrogen and oxygen atoms in total. The third-order valence-electron chi connectivity index (χ3n) is 3.73. The van der Waals surface area contributed by atoms with Crippen molar-refractivity contribution in [3.8, 4) is 0 Å². The molecule has 11 heteroatoms. The third-order valence-corrected chi connectivity index (χ3v) is 4.94. The van der Waals surface area contributed by atoms with Crippen molar-refractivity contribution >= 4 is 37.6 Å². The summed E-state index contributed by atoms with van der Waals surface area (Å²) in [4.78, 5) is 12.5. The number of halogens is 10. The molecule has 0 amide bonds. The van der Waals surface area contributed by atoms with Gasteiger partial charge in [-0.25, -0.2) is 8.78 Å². The molecule has 0 saturated carbocycles. The fourth-order valence-corrected chi connectivity index (χ4v) is 3.18. The van der Waals surface area contributed by atoms with Gasteiger partial charge in [0, 0.05) is 10.7 Å². The van der Waals surface area contributed by atoms with Crippen LogP contribution in [0.3, 0.4) is 0 Å². The van der Waals surface area contributed by atoms with Crippen molar-refractivity contribution in [2.24, 2.45) is 0 Å². The molecule has 0 radical (unpaired) electrons. The Hall–Kier alpha value is -1.49. The number of hydrogen-bond donors (Lipinski definition) is 0. The number of ketones is 1. The fourth-order valence-electron chi connectivity index (χ4n) is 2.37. The van der Waals surface area contributed by atoms with Crippen molar-refractivity contribution in [2.45, 2.75) is 23.0 Å². The monoisotopic (exact) mass is 538 g/mol. The summed E-state index contributed by atoms with van der Waals surface area (Å²) in [7, 11) is 0. The van der Waals surface area contributed by atoms with Gasteiger partial charge in [0.2, 0.25) is 0 Å². The molecule has 0 saturated heterocycles. The van der Waals surface area contributed by atoms with Gasteiger partial charge in [0.1, 0.15) is 11.6 Å². The summed E-state index contributed by atoms with van der Waals surface area (Å²) in [5.41, 5.74) is -6.23. The Balaban J connectivity index is 2.76. The second-order valence-corrected chi connectivity index (χ2v) is 6.71. The number of rotatable bonds is 4. The highest BCUT2D eigenvalue weighted by atomic mass is 79.9. The van der Waals surface area contributed by atoms with E-state index in [9.17, 15) is 39.9 Å². The van der Waals surface area contributed by atoms with Crippen LogP contribution in [0.5, 0.6) is 0 Å². The molecule has 2 aromatic rings. The maximum absolute atomic E-state index is 14.5. The predicted octanol–water partition coefficient (Wildman–Crippen LogP) is 7.02. The lowest BCUT2D eigenvalue weighted by atomic mass is 9.95. The molecule has 0 fully saturated rings. The minimum atomic E-state index is -4.95. The van der Waals surface area contributed by atoms with Crippen LogP contribution in [-0.4, -0.2) is 5.78 Å². The maximum Gasteiger partial charge on any atom is 0.416 e. The van der Waals surface area contributed by atoms with E-state index in [0.717, 1.165) is 0 Å². The van der Waals surface area contributed by atoms with Crippen LogP contribution in [0.2, 0.25) is 0 Å². The van der Waals surface area contributed by atoms with Crippen molar-refractivity contribution in [1.82, 2.24) is 0 Å². The quantitative estimate of drug-likeness (QED) is 0.232. The van der Waals surface area contributed by atoms with Crippen LogP contribution < -0.4 is 0 Å². The zero-order chi connectivity index (χ0) is 21.4. The van der Waals surface area contributed by atoms with Crippen LogP contribution in [0, 0.1) is 11.6 Å². The van der Waals surface area contributed by atoms with Gasteiger partial charge in [-0.3, -0.25) is 4.79 Å². The first-order valence-corrected chi connectivity index (χ1v) is 9.51. The SMILES string of the molecule is O=C(c1cc(C(F)(F)F)cc(CBr)c1F)c1cc(C(F)(F)F)cc(CBr)c1F. The lowest BCUT2D eigenvalue weighted by molar-refractivity contribution is -0.138. The zero-order valence-corrected chi connectivity index (χ0v) is 16.6. The molecule has 2 aromatic carbocycles. The highest BCUT2D eigenvalue weighted by Gasteiger charge is 2.36. The summed E-state index contributed by atoms with van der Waals surface area (Å²) in [5, 5.41) is -0.804. The highest BCUT2D eigenvalue weighted by molar-refractivity contribution is 9.08. The first-order chi connectivity index (χ1) is 12.8. The van der Waals surface area contributed by atoms with Crippen molar-refractivity contribution < 1.29 is 39.9 Å². The molecule has 2 rings (SSSR count). The van der Waals surface area contributed by atoms with Gasteiger partial charge >= 0.3 is 12.4 Å². The lowest BCUT2D eigenvalue weighted by Gasteiger charge is -2.15. The van der Waals surface area contributed by atoms with Crippen molar-refractivity contribution in [3.05, 3.63) is 69.3 Å². The van der Waals surface area contributed by atoms with Gasteiger partial charge in [-0.05, 0) is 35.4 Å².